The predicted octanol–water partition coefficient (Wildman–Crippen LogP) is 4.36. The van der Waals surface area contributed by atoms with E-state index in [2.05, 4.69) is 24.8 Å². The fourth-order valence-corrected chi connectivity index (χ4v) is 1.23. The van der Waals surface area contributed by atoms with Gasteiger partial charge in [0.25, 0.3) is 0 Å². The van der Waals surface area contributed by atoms with E-state index in [9.17, 15) is 0 Å². The third-order valence-electron chi connectivity index (χ3n) is 2.34. The Balaban J connectivity index is 2.77. The summed E-state index contributed by atoms with van der Waals surface area (Å²) < 4.78 is 5.07. The second kappa shape index (κ2) is 7.29. The van der Waals surface area contributed by atoms with Crippen LogP contribution >= 0.6 is 0 Å². The molecule has 0 bridgehead atoms. The predicted molar refractivity (Wildman–Crippen MR) is 74.5 cm³/mol. The molecule has 1 aromatic carbocycles. The van der Waals surface area contributed by atoms with Gasteiger partial charge in [-0.05, 0) is 24.1 Å². The van der Waals surface area contributed by atoms with E-state index in [-0.39, 0.29) is 0 Å². The summed E-state index contributed by atoms with van der Waals surface area (Å²) in [6.07, 6.45) is 9.81. The van der Waals surface area contributed by atoms with E-state index in [1.165, 1.54) is 5.56 Å². The van der Waals surface area contributed by atoms with E-state index in [4.69, 9.17) is 4.74 Å². The summed E-state index contributed by atoms with van der Waals surface area (Å²) in [6.45, 7) is 5.70. The topological polar surface area (TPSA) is 9.23 Å². The fraction of sp³-hybridized carbons (Fsp3) is 0.125. The zero-order valence-electron chi connectivity index (χ0n) is 10.4. The van der Waals surface area contributed by atoms with Crippen molar-refractivity contribution in [2.24, 2.45) is 0 Å². The molecule has 1 aromatic rings. The number of allylic oxidation sites excluding steroid dienone is 6. The molecule has 0 radical (unpaired) electrons. The summed E-state index contributed by atoms with van der Waals surface area (Å²) in [5.41, 5.74) is 2.22. The Bertz CT molecular complexity index is 436. The van der Waals surface area contributed by atoms with E-state index >= 15 is 0 Å². The third kappa shape index (κ3) is 5.03. The molecular formula is C16H18O. The first-order valence-electron chi connectivity index (χ1n) is 5.54. The van der Waals surface area contributed by atoms with Gasteiger partial charge >= 0.3 is 0 Å². The minimum atomic E-state index is 0.873. The molecule has 1 nitrogen and oxygen atoms in total. The average Bonchev–Trinajstić information content (AvgIpc) is 2.39. The number of hydrogen-bond acceptors (Lipinski definition) is 1. The molecule has 0 N–H and O–H groups in total. The van der Waals surface area contributed by atoms with Crippen molar-refractivity contribution >= 4 is 6.08 Å². The maximum Gasteiger partial charge on any atom is 0.0924 e. The van der Waals surface area contributed by atoms with Crippen molar-refractivity contribution in [3.8, 4) is 0 Å². The lowest BCUT2D eigenvalue weighted by Gasteiger charge is -1.96. The highest BCUT2D eigenvalue weighted by molar-refractivity contribution is 5.54. The number of hydrogen-bond donors (Lipinski definition) is 0. The van der Waals surface area contributed by atoms with Crippen molar-refractivity contribution < 1.29 is 4.74 Å². The lowest BCUT2D eigenvalue weighted by molar-refractivity contribution is 0.294. The largest absolute Gasteiger partial charge is 0.501 e. The number of ether oxygens (including phenoxy) is 1. The molecule has 0 fully saturated rings. The average molecular weight is 226 g/mol. The zero-order valence-corrected chi connectivity index (χ0v) is 10.4. The first-order valence-corrected chi connectivity index (χ1v) is 5.54. The van der Waals surface area contributed by atoms with Crippen LogP contribution < -0.4 is 0 Å². The van der Waals surface area contributed by atoms with Crippen LogP contribution in [-0.2, 0) is 4.74 Å². The van der Waals surface area contributed by atoms with Crippen molar-refractivity contribution in [2.45, 2.75) is 6.92 Å². The number of methoxy groups -OCH3 is 1. The standard InChI is InChI=1S/C16H18O/c1-4-15(11-10-14(2)17-3)12-13-16-8-6-5-7-9-16/h4-13H,1H2,2-3H3/b13-12+,14-10+,15-11+. The molecule has 0 atom stereocenters. The van der Waals surface area contributed by atoms with Crippen LogP contribution in [0.3, 0.4) is 0 Å². The Morgan fingerprint density at radius 2 is 1.88 bits per heavy atom. The summed E-state index contributed by atoms with van der Waals surface area (Å²) in [5, 5.41) is 0. The van der Waals surface area contributed by atoms with Gasteiger partial charge in [0, 0.05) is 0 Å². The third-order valence-corrected chi connectivity index (χ3v) is 2.34. The highest BCUT2D eigenvalue weighted by Crippen LogP contribution is 2.07. The molecule has 1 heteroatoms. The van der Waals surface area contributed by atoms with Crippen LogP contribution in [0.5, 0.6) is 0 Å². The van der Waals surface area contributed by atoms with Crippen LogP contribution in [0.2, 0.25) is 0 Å². The molecule has 1 rings (SSSR count). The molecule has 0 unspecified atom stereocenters. The molecule has 0 amide bonds. The van der Waals surface area contributed by atoms with Gasteiger partial charge in [-0.25, -0.2) is 0 Å². The van der Waals surface area contributed by atoms with Crippen molar-refractivity contribution in [1.29, 1.82) is 0 Å². The molecule has 0 saturated carbocycles. The van der Waals surface area contributed by atoms with Crippen LogP contribution in [-0.4, -0.2) is 7.11 Å². The smallest absolute Gasteiger partial charge is 0.0924 e. The van der Waals surface area contributed by atoms with Gasteiger partial charge in [-0.15, -0.1) is 0 Å². The normalized spacial score (nSPS) is 12.8. The molecule has 0 aromatic heterocycles. The highest BCUT2D eigenvalue weighted by atomic mass is 16.5. The molecular weight excluding hydrogens is 208 g/mol. The van der Waals surface area contributed by atoms with E-state index in [0.717, 1.165) is 11.3 Å². The van der Waals surface area contributed by atoms with Crippen LogP contribution in [0.1, 0.15) is 12.5 Å². The van der Waals surface area contributed by atoms with E-state index < -0.39 is 0 Å². The van der Waals surface area contributed by atoms with Gasteiger partial charge < -0.3 is 4.74 Å². The van der Waals surface area contributed by atoms with Crippen LogP contribution in [0.25, 0.3) is 6.08 Å². The Morgan fingerprint density at radius 1 is 1.18 bits per heavy atom. The van der Waals surface area contributed by atoms with Crippen LogP contribution in [0.15, 0.2) is 72.5 Å². The Morgan fingerprint density at radius 3 is 2.47 bits per heavy atom. The molecule has 88 valence electrons. The summed E-state index contributed by atoms with van der Waals surface area (Å²) in [7, 11) is 1.66. The van der Waals surface area contributed by atoms with Crippen molar-refractivity contribution in [2.75, 3.05) is 7.11 Å². The Labute approximate surface area is 103 Å². The maximum atomic E-state index is 5.07. The van der Waals surface area contributed by atoms with Gasteiger partial charge in [0.15, 0.2) is 0 Å². The Hall–Kier alpha value is -2.02. The quantitative estimate of drug-likeness (QED) is 0.535. The van der Waals surface area contributed by atoms with E-state index in [0.29, 0.717) is 0 Å². The molecule has 17 heavy (non-hydrogen) atoms. The minimum Gasteiger partial charge on any atom is -0.501 e. The van der Waals surface area contributed by atoms with Gasteiger partial charge in [-0.3, -0.25) is 0 Å². The summed E-state index contributed by atoms with van der Waals surface area (Å²) in [5.74, 6) is 0.873. The first-order chi connectivity index (χ1) is 8.26. The summed E-state index contributed by atoms with van der Waals surface area (Å²) in [4.78, 5) is 0. The van der Waals surface area contributed by atoms with E-state index in [1.54, 1.807) is 7.11 Å². The van der Waals surface area contributed by atoms with Crippen molar-refractivity contribution in [3.05, 3.63) is 78.1 Å². The zero-order chi connectivity index (χ0) is 12.5. The number of benzene rings is 1. The monoisotopic (exact) mass is 226 g/mol. The molecule has 0 spiro atoms. The molecule has 0 saturated heterocycles. The Kier molecular flexibility index (Phi) is 5.59. The first kappa shape index (κ1) is 13.0. The molecule has 0 aliphatic carbocycles. The minimum absolute atomic E-state index is 0.873. The maximum absolute atomic E-state index is 5.07. The van der Waals surface area contributed by atoms with Gasteiger partial charge in [-0.1, -0.05) is 61.2 Å². The van der Waals surface area contributed by atoms with Gasteiger partial charge in [0.05, 0.1) is 12.9 Å². The van der Waals surface area contributed by atoms with Gasteiger partial charge in [-0.2, -0.15) is 0 Å². The fourth-order valence-electron chi connectivity index (χ4n) is 1.23. The lowest BCUT2D eigenvalue weighted by Crippen LogP contribution is -1.77. The second-order valence-electron chi connectivity index (χ2n) is 3.60. The van der Waals surface area contributed by atoms with Crippen LogP contribution in [0.4, 0.5) is 0 Å². The molecule has 0 aliphatic rings. The second-order valence-corrected chi connectivity index (χ2v) is 3.60. The summed E-state index contributed by atoms with van der Waals surface area (Å²) in [6, 6.07) is 10.2. The number of rotatable bonds is 5. The molecule has 0 heterocycles. The van der Waals surface area contributed by atoms with Crippen molar-refractivity contribution in [1.82, 2.24) is 0 Å². The van der Waals surface area contributed by atoms with Crippen LogP contribution in [0, 0.1) is 0 Å². The molecule has 0 aliphatic heterocycles. The van der Waals surface area contributed by atoms with Gasteiger partial charge in [0.2, 0.25) is 0 Å². The van der Waals surface area contributed by atoms with E-state index in [1.807, 2.05) is 49.4 Å². The lowest BCUT2D eigenvalue weighted by atomic mass is 10.1. The SMILES string of the molecule is C=CC(/C=C/c1ccccc1)=C\C=C(/C)OC. The van der Waals surface area contributed by atoms with Gasteiger partial charge in [0.1, 0.15) is 0 Å². The summed E-state index contributed by atoms with van der Waals surface area (Å²) >= 11 is 0. The highest BCUT2D eigenvalue weighted by Gasteiger charge is 1.86. The van der Waals surface area contributed by atoms with Crippen molar-refractivity contribution in [3.63, 3.8) is 0 Å².